The molecule has 1 aromatic rings. The van der Waals surface area contributed by atoms with E-state index in [-0.39, 0.29) is 17.7 Å². The van der Waals surface area contributed by atoms with Crippen molar-refractivity contribution in [3.8, 4) is 0 Å². The van der Waals surface area contributed by atoms with Gasteiger partial charge in [-0.05, 0) is 30.9 Å². The highest BCUT2D eigenvalue weighted by Gasteiger charge is 2.38. The number of nitrogens with one attached hydrogen (secondary N) is 1. The molecule has 1 fully saturated rings. The van der Waals surface area contributed by atoms with Crippen molar-refractivity contribution in [2.24, 2.45) is 5.92 Å². The molecule has 2 heterocycles. The lowest BCUT2D eigenvalue weighted by atomic mass is 9.98. The molecule has 0 aliphatic carbocycles. The van der Waals surface area contributed by atoms with E-state index in [9.17, 15) is 9.59 Å². The Labute approximate surface area is 119 Å². The molecule has 1 N–H and O–H groups in total. The van der Waals surface area contributed by atoms with Gasteiger partial charge in [0.2, 0.25) is 11.8 Å². The lowest BCUT2D eigenvalue weighted by molar-refractivity contribution is -0.149. The van der Waals surface area contributed by atoms with Gasteiger partial charge in [-0.25, -0.2) is 0 Å². The van der Waals surface area contributed by atoms with Crippen LogP contribution in [0.4, 0.5) is 0 Å². The van der Waals surface area contributed by atoms with Gasteiger partial charge in [-0.2, -0.15) is 0 Å². The van der Waals surface area contributed by atoms with Crippen molar-refractivity contribution in [3.63, 3.8) is 0 Å². The molecule has 1 aliphatic heterocycles. The summed E-state index contributed by atoms with van der Waals surface area (Å²) in [4.78, 5) is 30.1. The Balaban J connectivity index is 2.07. The number of rotatable bonds is 4. The third-order valence-corrected chi connectivity index (χ3v) is 3.72. The van der Waals surface area contributed by atoms with Gasteiger partial charge in [-0.1, -0.05) is 19.9 Å². The van der Waals surface area contributed by atoms with Crippen LogP contribution in [0.1, 0.15) is 26.3 Å². The third-order valence-electron chi connectivity index (χ3n) is 3.72. The second kappa shape index (κ2) is 6.03. The number of carbonyl (C=O) groups excluding carboxylic acids is 2. The Morgan fingerprint density at radius 3 is 2.75 bits per heavy atom. The molecule has 1 aromatic heterocycles. The van der Waals surface area contributed by atoms with Crippen LogP contribution >= 0.6 is 0 Å². The van der Waals surface area contributed by atoms with Gasteiger partial charge in [-0.15, -0.1) is 0 Å². The number of pyridine rings is 1. The fourth-order valence-electron chi connectivity index (χ4n) is 2.40. The maximum absolute atomic E-state index is 12.4. The van der Waals surface area contributed by atoms with E-state index >= 15 is 0 Å². The summed E-state index contributed by atoms with van der Waals surface area (Å²) in [5.41, 5.74) is 1.07. The van der Waals surface area contributed by atoms with Crippen molar-refractivity contribution < 1.29 is 9.59 Å². The fourth-order valence-corrected chi connectivity index (χ4v) is 2.40. The van der Waals surface area contributed by atoms with Crippen LogP contribution in [0.25, 0.3) is 0 Å². The summed E-state index contributed by atoms with van der Waals surface area (Å²) in [5, 5.41) is 2.80. The number of amides is 2. The normalized spacial score (nSPS) is 23.1. The number of piperazine rings is 1. The molecule has 0 spiro atoms. The van der Waals surface area contributed by atoms with Gasteiger partial charge in [-0.3, -0.25) is 14.6 Å². The predicted octanol–water partition coefficient (Wildman–Crippen LogP) is 0.996. The average Bonchev–Trinajstić information content (AvgIpc) is 2.43. The summed E-state index contributed by atoms with van der Waals surface area (Å²) in [6.45, 7) is 6.20. The molecule has 1 aliphatic rings. The highest BCUT2D eigenvalue weighted by molar-refractivity contribution is 5.96. The maximum atomic E-state index is 12.4. The Bertz CT molecular complexity index is 487. The summed E-state index contributed by atoms with van der Waals surface area (Å²) in [5.74, 6) is 0.0327. The van der Waals surface area contributed by atoms with Crippen molar-refractivity contribution in [3.05, 3.63) is 30.1 Å². The van der Waals surface area contributed by atoms with Gasteiger partial charge >= 0.3 is 0 Å². The van der Waals surface area contributed by atoms with E-state index in [1.54, 1.807) is 24.2 Å². The average molecular weight is 275 g/mol. The lowest BCUT2D eigenvalue weighted by Gasteiger charge is -2.38. The maximum Gasteiger partial charge on any atom is 0.246 e. The Kier molecular flexibility index (Phi) is 4.37. The molecule has 20 heavy (non-hydrogen) atoms. The Morgan fingerprint density at radius 1 is 1.40 bits per heavy atom. The number of aromatic nitrogens is 1. The molecular formula is C15H21N3O2. The molecule has 5 heteroatoms. The van der Waals surface area contributed by atoms with E-state index in [0.29, 0.717) is 13.0 Å². The molecular weight excluding hydrogens is 254 g/mol. The smallest absolute Gasteiger partial charge is 0.246 e. The Hall–Kier alpha value is -1.91. The van der Waals surface area contributed by atoms with E-state index in [2.05, 4.69) is 10.3 Å². The quantitative estimate of drug-likeness (QED) is 0.891. The molecule has 2 amide bonds. The topological polar surface area (TPSA) is 62.3 Å². The summed E-state index contributed by atoms with van der Waals surface area (Å²) >= 11 is 0. The first-order valence-electron chi connectivity index (χ1n) is 7.00. The van der Waals surface area contributed by atoms with Gasteiger partial charge in [0.15, 0.2) is 0 Å². The van der Waals surface area contributed by atoms with Crippen molar-refractivity contribution >= 4 is 11.8 Å². The molecule has 0 saturated carbocycles. The second-order valence-electron chi connectivity index (χ2n) is 5.55. The van der Waals surface area contributed by atoms with Crippen molar-refractivity contribution in [2.75, 3.05) is 6.54 Å². The van der Waals surface area contributed by atoms with Gasteiger partial charge in [0, 0.05) is 18.9 Å². The van der Waals surface area contributed by atoms with Crippen LogP contribution in [-0.2, 0) is 16.0 Å². The number of nitrogens with zero attached hydrogens (tertiary/aromatic N) is 2. The molecule has 0 bridgehead atoms. The monoisotopic (exact) mass is 275 g/mol. The summed E-state index contributed by atoms with van der Waals surface area (Å²) in [6, 6.07) is 3.04. The first-order valence-corrected chi connectivity index (χ1v) is 7.00. The summed E-state index contributed by atoms with van der Waals surface area (Å²) in [6.07, 6.45) is 4.22. The molecule has 5 nitrogen and oxygen atoms in total. The van der Waals surface area contributed by atoms with Crippen molar-refractivity contribution in [1.82, 2.24) is 15.2 Å². The third kappa shape index (κ3) is 2.98. The summed E-state index contributed by atoms with van der Waals surface area (Å²) < 4.78 is 0. The van der Waals surface area contributed by atoms with E-state index < -0.39 is 12.1 Å². The number of carbonyl (C=O) groups is 2. The fraction of sp³-hybridized carbons (Fsp3) is 0.533. The largest absolute Gasteiger partial charge is 0.342 e. The zero-order valence-corrected chi connectivity index (χ0v) is 12.2. The first kappa shape index (κ1) is 14.5. The van der Waals surface area contributed by atoms with Crippen LogP contribution in [0.3, 0.4) is 0 Å². The lowest BCUT2D eigenvalue weighted by Crippen LogP contribution is -2.64. The van der Waals surface area contributed by atoms with Crippen LogP contribution < -0.4 is 5.32 Å². The van der Waals surface area contributed by atoms with E-state index in [1.165, 1.54) is 0 Å². The first-order chi connectivity index (χ1) is 9.50. The molecule has 0 aromatic carbocycles. The van der Waals surface area contributed by atoms with Crippen LogP contribution in [-0.4, -0.2) is 40.3 Å². The predicted molar refractivity (Wildman–Crippen MR) is 75.9 cm³/mol. The van der Waals surface area contributed by atoms with Crippen LogP contribution in [0, 0.1) is 5.92 Å². The van der Waals surface area contributed by atoms with Crippen molar-refractivity contribution in [2.45, 2.75) is 39.3 Å². The minimum atomic E-state index is -0.410. The van der Waals surface area contributed by atoms with E-state index in [1.807, 2.05) is 26.0 Å². The highest BCUT2D eigenvalue weighted by Crippen LogP contribution is 2.16. The van der Waals surface area contributed by atoms with Crippen molar-refractivity contribution in [1.29, 1.82) is 0 Å². The second-order valence-corrected chi connectivity index (χ2v) is 5.55. The van der Waals surface area contributed by atoms with Gasteiger partial charge < -0.3 is 10.2 Å². The minimum absolute atomic E-state index is 0.0102. The summed E-state index contributed by atoms with van der Waals surface area (Å²) in [7, 11) is 0. The molecule has 1 saturated heterocycles. The van der Waals surface area contributed by atoms with E-state index in [0.717, 1.165) is 5.56 Å². The minimum Gasteiger partial charge on any atom is -0.342 e. The van der Waals surface area contributed by atoms with Crippen LogP contribution in [0.2, 0.25) is 0 Å². The number of hydrogen-bond acceptors (Lipinski definition) is 3. The molecule has 0 radical (unpaired) electrons. The van der Waals surface area contributed by atoms with Gasteiger partial charge in [0.1, 0.15) is 12.1 Å². The van der Waals surface area contributed by atoms with Crippen LogP contribution in [0.5, 0.6) is 0 Å². The van der Waals surface area contributed by atoms with Gasteiger partial charge in [0.25, 0.3) is 0 Å². The standard InChI is InChI=1S/C15H21N3O2/c1-10(2)13-15(20)18(11(3)14(19)17-13)8-6-12-5-4-7-16-9-12/h4-5,7,9-11,13H,6,8H2,1-3H3,(H,17,19). The molecule has 2 unspecified atom stereocenters. The molecule has 2 atom stereocenters. The zero-order valence-electron chi connectivity index (χ0n) is 12.2. The van der Waals surface area contributed by atoms with Gasteiger partial charge in [0.05, 0.1) is 0 Å². The zero-order chi connectivity index (χ0) is 14.7. The van der Waals surface area contributed by atoms with Crippen LogP contribution in [0.15, 0.2) is 24.5 Å². The highest BCUT2D eigenvalue weighted by atomic mass is 16.2. The molecule has 2 rings (SSSR count). The Morgan fingerprint density at radius 2 is 2.15 bits per heavy atom. The SMILES string of the molecule is CC(C)C1NC(=O)C(C)N(CCc2cccnc2)C1=O. The van der Waals surface area contributed by atoms with E-state index in [4.69, 9.17) is 0 Å². The molecule has 108 valence electrons. The number of hydrogen-bond donors (Lipinski definition) is 1.